The predicted molar refractivity (Wildman–Crippen MR) is 73.6 cm³/mol. The maximum Gasteiger partial charge on any atom is 0.248 e. The van der Waals surface area contributed by atoms with E-state index < -0.39 is 11.4 Å². The van der Waals surface area contributed by atoms with Gasteiger partial charge in [-0.25, -0.2) is 0 Å². The number of carbonyl (C=O) groups is 2. The molecule has 0 aromatic heterocycles. The molecule has 1 saturated carbocycles. The molecule has 0 saturated heterocycles. The monoisotopic (exact) mass is 261 g/mol. The van der Waals surface area contributed by atoms with Gasteiger partial charge in [-0.1, -0.05) is 25.3 Å². The average Bonchev–Trinajstić information content (AvgIpc) is 2.40. The molecule has 1 fully saturated rings. The predicted octanol–water partition coefficient (Wildman–Crippen LogP) is 1.39. The highest BCUT2D eigenvalue weighted by Crippen LogP contribution is 2.27. The fourth-order valence-electron chi connectivity index (χ4n) is 2.42. The van der Waals surface area contributed by atoms with Crippen molar-refractivity contribution < 1.29 is 9.59 Å². The van der Waals surface area contributed by atoms with Gasteiger partial charge in [0.2, 0.25) is 11.8 Å². The van der Waals surface area contributed by atoms with E-state index in [1.54, 1.807) is 24.3 Å². The third-order valence-corrected chi connectivity index (χ3v) is 3.60. The lowest BCUT2D eigenvalue weighted by Crippen LogP contribution is -2.52. The van der Waals surface area contributed by atoms with Crippen molar-refractivity contribution >= 4 is 17.5 Å². The summed E-state index contributed by atoms with van der Waals surface area (Å²) < 4.78 is 0. The first-order valence-electron chi connectivity index (χ1n) is 6.51. The van der Waals surface area contributed by atoms with Gasteiger partial charge in [0.1, 0.15) is 0 Å². The molecule has 2 amide bonds. The molecule has 5 heteroatoms. The zero-order valence-electron chi connectivity index (χ0n) is 10.8. The minimum Gasteiger partial charge on any atom is -0.366 e. The zero-order valence-corrected chi connectivity index (χ0v) is 10.8. The Hall–Kier alpha value is -1.88. The molecule has 0 atom stereocenters. The highest BCUT2D eigenvalue weighted by atomic mass is 16.2. The van der Waals surface area contributed by atoms with E-state index >= 15 is 0 Å². The minimum absolute atomic E-state index is 0.186. The molecule has 1 aliphatic rings. The van der Waals surface area contributed by atoms with E-state index in [0.29, 0.717) is 24.1 Å². The normalized spacial score (nSPS) is 17.7. The van der Waals surface area contributed by atoms with Crippen LogP contribution in [0.25, 0.3) is 0 Å². The first-order valence-corrected chi connectivity index (χ1v) is 6.51. The third kappa shape index (κ3) is 3.12. The second-order valence-corrected chi connectivity index (χ2v) is 5.12. The van der Waals surface area contributed by atoms with E-state index in [1.165, 1.54) is 0 Å². The number of nitrogens with two attached hydrogens (primary N) is 2. The number of hydrogen-bond acceptors (Lipinski definition) is 3. The highest BCUT2D eigenvalue weighted by Gasteiger charge is 2.35. The second-order valence-electron chi connectivity index (χ2n) is 5.12. The van der Waals surface area contributed by atoms with E-state index in [0.717, 1.165) is 19.3 Å². The first kappa shape index (κ1) is 13.5. The molecule has 0 unspecified atom stereocenters. The lowest BCUT2D eigenvalue weighted by molar-refractivity contribution is -0.122. The van der Waals surface area contributed by atoms with Crippen LogP contribution in [0.3, 0.4) is 0 Å². The Balaban J connectivity index is 2.10. The van der Waals surface area contributed by atoms with E-state index in [4.69, 9.17) is 11.5 Å². The minimum atomic E-state index is -0.791. The van der Waals surface area contributed by atoms with Crippen LogP contribution in [0.1, 0.15) is 42.5 Å². The summed E-state index contributed by atoms with van der Waals surface area (Å²) >= 11 is 0. The Morgan fingerprint density at radius 3 is 2.47 bits per heavy atom. The molecule has 0 radical (unpaired) electrons. The first-order chi connectivity index (χ1) is 9.01. The van der Waals surface area contributed by atoms with Gasteiger partial charge in [0, 0.05) is 11.3 Å². The number of anilines is 1. The van der Waals surface area contributed by atoms with Crippen LogP contribution in [-0.2, 0) is 4.79 Å². The van der Waals surface area contributed by atoms with Crippen LogP contribution in [0.4, 0.5) is 5.69 Å². The smallest absolute Gasteiger partial charge is 0.248 e. The van der Waals surface area contributed by atoms with Gasteiger partial charge in [0.25, 0.3) is 0 Å². The van der Waals surface area contributed by atoms with Gasteiger partial charge in [-0.3, -0.25) is 9.59 Å². The van der Waals surface area contributed by atoms with Crippen LogP contribution in [0, 0.1) is 0 Å². The van der Waals surface area contributed by atoms with E-state index in [-0.39, 0.29) is 5.91 Å². The van der Waals surface area contributed by atoms with Crippen molar-refractivity contribution in [2.24, 2.45) is 11.5 Å². The van der Waals surface area contributed by atoms with Crippen LogP contribution in [0.2, 0.25) is 0 Å². The van der Waals surface area contributed by atoms with E-state index in [9.17, 15) is 9.59 Å². The van der Waals surface area contributed by atoms with Gasteiger partial charge in [-0.15, -0.1) is 0 Å². The number of benzene rings is 1. The molecule has 1 aromatic rings. The Labute approximate surface area is 112 Å². The lowest BCUT2D eigenvalue weighted by Gasteiger charge is -2.31. The topological polar surface area (TPSA) is 98.2 Å². The molecule has 5 N–H and O–H groups in total. The summed E-state index contributed by atoms with van der Waals surface area (Å²) in [6, 6.07) is 6.57. The van der Waals surface area contributed by atoms with Crippen molar-refractivity contribution in [2.45, 2.75) is 37.6 Å². The quantitative estimate of drug-likeness (QED) is 0.766. The van der Waals surface area contributed by atoms with Gasteiger partial charge in [0.05, 0.1) is 5.54 Å². The summed E-state index contributed by atoms with van der Waals surface area (Å²) in [4.78, 5) is 23.3. The molecule has 0 bridgehead atoms. The number of primary amides is 1. The largest absolute Gasteiger partial charge is 0.366 e. The van der Waals surface area contributed by atoms with Crippen molar-refractivity contribution in [3.8, 4) is 0 Å². The fourth-order valence-corrected chi connectivity index (χ4v) is 2.42. The van der Waals surface area contributed by atoms with Gasteiger partial charge in [-0.05, 0) is 31.0 Å². The lowest BCUT2D eigenvalue weighted by atomic mass is 9.82. The molecule has 5 nitrogen and oxygen atoms in total. The number of amides is 2. The van der Waals surface area contributed by atoms with E-state index in [2.05, 4.69) is 5.32 Å². The maximum atomic E-state index is 12.2. The summed E-state index contributed by atoms with van der Waals surface area (Å²) in [5.41, 5.74) is 11.5. The van der Waals surface area contributed by atoms with Crippen LogP contribution in [0.5, 0.6) is 0 Å². The maximum absolute atomic E-state index is 12.2. The summed E-state index contributed by atoms with van der Waals surface area (Å²) in [7, 11) is 0. The van der Waals surface area contributed by atoms with Gasteiger partial charge >= 0.3 is 0 Å². The molecule has 0 spiro atoms. The molecular formula is C14H19N3O2. The standard InChI is InChI=1S/C14H19N3O2/c15-12(18)10-5-4-6-11(9-10)17-13(19)14(16)7-2-1-3-8-14/h4-6,9H,1-3,7-8,16H2,(H2,15,18)(H,17,19). The molecule has 0 aliphatic heterocycles. The van der Waals surface area contributed by atoms with Crippen LogP contribution < -0.4 is 16.8 Å². The van der Waals surface area contributed by atoms with Crippen molar-refractivity contribution in [3.05, 3.63) is 29.8 Å². The van der Waals surface area contributed by atoms with Crippen molar-refractivity contribution in [1.82, 2.24) is 0 Å². The number of nitrogens with one attached hydrogen (secondary N) is 1. The Morgan fingerprint density at radius 2 is 1.84 bits per heavy atom. The molecule has 0 heterocycles. The van der Waals surface area contributed by atoms with Crippen LogP contribution in [0.15, 0.2) is 24.3 Å². The number of rotatable bonds is 3. The molecule has 19 heavy (non-hydrogen) atoms. The van der Waals surface area contributed by atoms with Gasteiger partial charge < -0.3 is 16.8 Å². The fraction of sp³-hybridized carbons (Fsp3) is 0.429. The molecular weight excluding hydrogens is 242 g/mol. The van der Waals surface area contributed by atoms with Crippen LogP contribution in [-0.4, -0.2) is 17.4 Å². The van der Waals surface area contributed by atoms with Crippen LogP contribution >= 0.6 is 0 Å². The summed E-state index contributed by atoms with van der Waals surface area (Å²) in [6.45, 7) is 0. The van der Waals surface area contributed by atoms with Crippen molar-refractivity contribution in [3.63, 3.8) is 0 Å². The van der Waals surface area contributed by atoms with Gasteiger partial charge in [0.15, 0.2) is 0 Å². The number of hydrogen-bond donors (Lipinski definition) is 3. The van der Waals surface area contributed by atoms with Crippen molar-refractivity contribution in [1.29, 1.82) is 0 Å². The van der Waals surface area contributed by atoms with Gasteiger partial charge in [-0.2, -0.15) is 0 Å². The summed E-state index contributed by atoms with van der Waals surface area (Å²) in [5.74, 6) is -0.704. The summed E-state index contributed by atoms with van der Waals surface area (Å²) in [5, 5.41) is 2.78. The second kappa shape index (κ2) is 5.40. The third-order valence-electron chi connectivity index (χ3n) is 3.60. The molecule has 1 aromatic carbocycles. The molecule has 1 aliphatic carbocycles. The Kier molecular flexibility index (Phi) is 3.85. The summed E-state index contributed by atoms with van der Waals surface area (Å²) in [6.07, 6.45) is 4.49. The average molecular weight is 261 g/mol. The zero-order chi connectivity index (χ0) is 13.9. The van der Waals surface area contributed by atoms with E-state index in [1.807, 2.05) is 0 Å². The molecule has 102 valence electrons. The molecule has 2 rings (SSSR count). The Morgan fingerprint density at radius 1 is 1.16 bits per heavy atom. The van der Waals surface area contributed by atoms with Crippen molar-refractivity contribution in [2.75, 3.05) is 5.32 Å². The Bertz CT molecular complexity index is 493. The SMILES string of the molecule is NC(=O)c1cccc(NC(=O)C2(N)CCCCC2)c1. The highest BCUT2D eigenvalue weighted by molar-refractivity contribution is 5.99. The number of carbonyl (C=O) groups excluding carboxylic acids is 2.